The molecule has 0 aliphatic carbocycles. The van der Waals surface area contributed by atoms with Crippen LogP contribution in [0.2, 0.25) is 0 Å². The molecule has 1 heterocycles. The number of rotatable bonds is 14. The third kappa shape index (κ3) is 10.6. The number of hydrogen-bond donors (Lipinski definition) is 0. The number of nitrogens with zero attached hydrogens (tertiary/aromatic N) is 2. The molecule has 0 atom stereocenters. The average Bonchev–Trinajstić information content (AvgIpc) is 2.56. The Bertz CT molecular complexity index is 222. The van der Waals surface area contributed by atoms with Gasteiger partial charge in [0.25, 0.3) is 0 Å². The van der Waals surface area contributed by atoms with Crippen molar-refractivity contribution in [1.82, 2.24) is 9.80 Å². The zero-order valence-corrected chi connectivity index (χ0v) is 15.6. The topological polar surface area (TPSA) is 6.48 Å². The predicted octanol–water partition coefficient (Wildman–Crippen LogP) is 5.33. The Hall–Kier alpha value is -0.0800. The summed E-state index contributed by atoms with van der Waals surface area (Å²) < 4.78 is 0. The molecule has 0 N–H and O–H groups in total. The summed E-state index contributed by atoms with van der Waals surface area (Å²) in [5.41, 5.74) is 0. The summed E-state index contributed by atoms with van der Waals surface area (Å²) in [5.74, 6) is 0. The summed E-state index contributed by atoms with van der Waals surface area (Å²) in [6.45, 7) is 12.3. The highest BCUT2D eigenvalue weighted by molar-refractivity contribution is 4.70. The van der Waals surface area contributed by atoms with Gasteiger partial charge in [-0.3, -0.25) is 0 Å². The Morgan fingerprint density at radius 3 is 1.36 bits per heavy atom. The maximum absolute atomic E-state index is 2.67. The SMILES string of the molecule is CCCCCCCCCCCCCCN1CCN(CC)CC1. The van der Waals surface area contributed by atoms with E-state index in [0.717, 1.165) is 0 Å². The molecule has 0 amide bonds. The average molecular weight is 311 g/mol. The lowest BCUT2D eigenvalue weighted by Crippen LogP contribution is -2.46. The van der Waals surface area contributed by atoms with E-state index in [0.29, 0.717) is 0 Å². The molecular formula is C20H42N2. The Balaban J connectivity index is 1.75. The maximum Gasteiger partial charge on any atom is 0.0110 e. The molecule has 1 rings (SSSR count). The van der Waals surface area contributed by atoms with E-state index in [9.17, 15) is 0 Å². The van der Waals surface area contributed by atoms with E-state index in [1.54, 1.807) is 0 Å². The summed E-state index contributed by atoms with van der Waals surface area (Å²) in [7, 11) is 0. The first kappa shape index (κ1) is 20.0. The van der Waals surface area contributed by atoms with Crippen molar-refractivity contribution in [2.24, 2.45) is 0 Å². The molecule has 0 bridgehead atoms. The summed E-state index contributed by atoms with van der Waals surface area (Å²) >= 11 is 0. The van der Waals surface area contributed by atoms with E-state index in [4.69, 9.17) is 0 Å². The van der Waals surface area contributed by atoms with Crippen molar-refractivity contribution >= 4 is 0 Å². The van der Waals surface area contributed by atoms with Gasteiger partial charge in [0.2, 0.25) is 0 Å². The highest BCUT2D eigenvalue weighted by atomic mass is 15.3. The van der Waals surface area contributed by atoms with Crippen LogP contribution in [0, 0.1) is 0 Å². The fourth-order valence-electron chi connectivity index (χ4n) is 3.51. The minimum atomic E-state index is 1.23. The highest BCUT2D eigenvalue weighted by Crippen LogP contribution is 2.12. The van der Waals surface area contributed by atoms with Crippen molar-refractivity contribution in [3.05, 3.63) is 0 Å². The molecule has 0 aromatic carbocycles. The maximum atomic E-state index is 2.67. The molecule has 1 saturated heterocycles. The van der Waals surface area contributed by atoms with Gasteiger partial charge < -0.3 is 9.80 Å². The lowest BCUT2D eigenvalue weighted by Gasteiger charge is -2.33. The van der Waals surface area contributed by atoms with E-state index in [1.165, 1.54) is 116 Å². The van der Waals surface area contributed by atoms with Gasteiger partial charge in [0.15, 0.2) is 0 Å². The second kappa shape index (κ2) is 14.5. The number of likely N-dealkylation sites (N-methyl/N-ethyl adjacent to an activating group) is 1. The van der Waals surface area contributed by atoms with Gasteiger partial charge in [-0.25, -0.2) is 0 Å². The highest BCUT2D eigenvalue weighted by Gasteiger charge is 2.14. The monoisotopic (exact) mass is 310 g/mol. The summed E-state index contributed by atoms with van der Waals surface area (Å²) in [5, 5.41) is 0. The summed E-state index contributed by atoms with van der Waals surface area (Å²) in [6, 6.07) is 0. The van der Waals surface area contributed by atoms with E-state index in [1.807, 2.05) is 0 Å². The quantitative estimate of drug-likeness (QED) is 0.400. The van der Waals surface area contributed by atoms with Gasteiger partial charge >= 0.3 is 0 Å². The minimum absolute atomic E-state index is 1.23. The van der Waals surface area contributed by atoms with Crippen LogP contribution in [0.1, 0.15) is 90.9 Å². The van der Waals surface area contributed by atoms with Gasteiger partial charge in [0.05, 0.1) is 0 Å². The third-order valence-corrected chi connectivity index (χ3v) is 5.24. The molecule has 0 aromatic heterocycles. The standard InChI is InChI=1S/C20H42N2/c1-3-5-6-7-8-9-10-11-12-13-14-15-16-22-19-17-21(4-2)18-20-22/h3-20H2,1-2H3. The molecule has 2 nitrogen and oxygen atoms in total. The van der Waals surface area contributed by atoms with Crippen LogP contribution < -0.4 is 0 Å². The first-order valence-electron chi connectivity index (χ1n) is 10.3. The molecule has 2 heteroatoms. The second-order valence-electron chi connectivity index (χ2n) is 7.16. The normalized spacial score (nSPS) is 17.2. The first-order chi connectivity index (χ1) is 10.9. The molecule has 132 valence electrons. The van der Waals surface area contributed by atoms with Gasteiger partial charge in [-0.05, 0) is 19.5 Å². The van der Waals surface area contributed by atoms with Crippen molar-refractivity contribution in [3.63, 3.8) is 0 Å². The second-order valence-corrected chi connectivity index (χ2v) is 7.16. The third-order valence-electron chi connectivity index (χ3n) is 5.24. The molecule has 0 aromatic rings. The van der Waals surface area contributed by atoms with Crippen LogP contribution in [0.3, 0.4) is 0 Å². The molecule has 0 spiro atoms. The summed E-state index contributed by atoms with van der Waals surface area (Å²) in [6.07, 6.45) is 17.4. The fourth-order valence-corrected chi connectivity index (χ4v) is 3.51. The lowest BCUT2D eigenvalue weighted by molar-refractivity contribution is 0.135. The Morgan fingerprint density at radius 2 is 0.909 bits per heavy atom. The van der Waals surface area contributed by atoms with Crippen LogP contribution in [0.15, 0.2) is 0 Å². The van der Waals surface area contributed by atoms with Crippen molar-refractivity contribution in [1.29, 1.82) is 0 Å². The van der Waals surface area contributed by atoms with Crippen molar-refractivity contribution in [2.75, 3.05) is 39.3 Å². The Labute approximate surface area is 140 Å². The smallest absolute Gasteiger partial charge is 0.0110 e. The van der Waals surface area contributed by atoms with Gasteiger partial charge in [0.1, 0.15) is 0 Å². The van der Waals surface area contributed by atoms with Crippen LogP contribution >= 0.6 is 0 Å². The molecule has 0 unspecified atom stereocenters. The summed E-state index contributed by atoms with van der Waals surface area (Å²) in [4.78, 5) is 5.24. The van der Waals surface area contributed by atoms with Crippen LogP contribution in [0.5, 0.6) is 0 Å². The van der Waals surface area contributed by atoms with Crippen LogP contribution in [0.4, 0.5) is 0 Å². The molecule has 0 saturated carbocycles. The molecule has 1 aliphatic heterocycles. The van der Waals surface area contributed by atoms with E-state index in [2.05, 4.69) is 23.6 Å². The molecule has 1 fully saturated rings. The molecule has 0 radical (unpaired) electrons. The molecule has 1 aliphatic rings. The lowest BCUT2D eigenvalue weighted by atomic mass is 10.1. The zero-order chi connectivity index (χ0) is 15.9. The Morgan fingerprint density at radius 1 is 0.500 bits per heavy atom. The minimum Gasteiger partial charge on any atom is -0.301 e. The number of hydrogen-bond acceptors (Lipinski definition) is 2. The van der Waals surface area contributed by atoms with E-state index >= 15 is 0 Å². The largest absolute Gasteiger partial charge is 0.301 e. The van der Waals surface area contributed by atoms with Crippen LogP contribution in [-0.4, -0.2) is 49.1 Å². The first-order valence-corrected chi connectivity index (χ1v) is 10.3. The van der Waals surface area contributed by atoms with Gasteiger partial charge in [-0.1, -0.05) is 84.5 Å². The van der Waals surface area contributed by atoms with Crippen LogP contribution in [-0.2, 0) is 0 Å². The number of unbranched alkanes of at least 4 members (excludes halogenated alkanes) is 11. The zero-order valence-electron chi connectivity index (χ0n) is 15.6. The van der Waals surface area contributed by atoms with E-state index < -0.39 is 0 Å². The van der Waals surface area contributed by atoms with Gasteiger partial charge in [-0.2, -0.15) is 0 Å². The van der Waals surface area contributed by atoms with E-state index in [-0.39, 0.29) is 0 Å². The Kier molecular flexibility index (Phi) is 13.2. The van der Waals surface area contributed by atoms with Crippen LogP contribution in [0.25, 0.3) is 0 Å². The van der Waals surface area contributed by atoms with Crippen molar-refractivity contribution in [3.8, 4) is 0 Å². The van der Waals surface area contributed by atoms with Crippen molar-refractivity contribution < 1.29 is 0 Å². The van der Waals surface area contributed by atoms with Gasteiger partial charge in [0, 0.05) is 26.2 Å². The van der Waals surface area contributed by atoms with Gasteiger partial charge in [-0.15, -0.1) is 0 Å². The molecule has 22 heavy (non-hydrogen) atoms. The predicted molar refractivity (Wildman–Crippen MR) is 99.6 cm³/mol. The fraction of sp³-hybridized carbons (Fsp3) is 1.00. The number of piperazine rings is 1. The molecular weight excluding hydrogens is 268 g/mol. The van der Waals surface area contributed by atoms with Crippen molar-refractivity contribution in [2.45, 2.75) is 90.9 Å².